The highest BCUT2D eigenvalue weighted by Gasteiger charge is 2.27. The van der Waals surface area contributed by atoms with Crippen molar-refractivity contribution < 1.29 is 23.9 Å². The molecule has 0 aliphatic heterocycles. The van der Waals surface area contributed by atoms with E-state index in [1.54, 1.807) is 25.1 Å². The smallest absolute Gasteiger partial charge is 0.341 e. The molecule has 1 amide bonds. The number of hydrogen-bond donors (Lipinski definition) is 1. The van der Waals surface area contributed by atoms with Gasteiger partial charge in [0, 0.05) is 9.77 Å². The van der Waals surface area contributed by atoms with Crippen LogP contribution in [0.4, 0.5) is 5.00 Å². The van der Waals surface area contributed by atoms with E-state index in [4.69, 9.17) is 21.1 Å². The van der Waals surface area contributed by atoms with Gasteiger partial charge in [-0.05, 0) is 62.6 Å². The van der Waals surface area contributed by atoms with E-state index in [-0.39, 0.29) is 17.2 Å². The third kappa shape index (κ3) is 5.17. The average Bonchev–Trinajstić information content (AvgIpc) is 3.10. The van der Waals surface area contributed by atoms with Crippen LogP contribution in [0.15, 0.2) is 23.1 Å². The average molecular weight is 468 g/mol. The Hall–Kier alpha value is -2.03. The zero-order chi connectivity index (χ0) is 21.7. The van der Waals surface area contributed by atoms with E-state index in [0.29, 0.717) is 10.6 Å². The minimum atomic E-state index is -0.679. The molecule has 0 bridgehead atoms. The lowest BCUT2D eigenvalue weighted by Crippen LogP contribution is -2.22. The van der Waals surface area contributed by atoms with Crippen LogP contribution in [0.2, 0.25) is 5.02 Å². The number of fused-ring (bicyclic) bond motifs is 1. The number of ether oxygens (including phenoxy) is 2. The van der Waals surface area contributed by atoms with E-state index in [2.05, 4.69) is 5.32 Å². The first kappa shape index (κ1) is 22.7. The Bertz CT molecular complexity index is 973. The maximum absolute atomic E-state index is 12.5. The largest absolute Gasteiger partial charge is 0.462 e. The minimum Gasteiger partial charge on any atom is -0.462 e. The number of thiophene rings is 1. The van der Waals surface area contributed by atoms with Crippen molar-refractivity contribution in [2.45, 2.75) is 37.5 Å². The summed E-state index contributed by atoms with van der Waals surface area (Å²) in [6.07, 6.45) is 5.60. The zero-order valence-electron chi connectivity index (χ0n) is 16.7. The number of benzene rings is 1. The highest BCUT2D eigenvalue weighted by molar-refractivity contribution is 7.98. The summed E-state index contributed by atoms with van der Waals surface area (Å²) in [5.41, 5.74) is 1.58. The number of carbonyl (C=O) groups is 3. The molecule has 0 saturated heterocycles. The van der Waals surface area contributed by atoms with Crippen LogP contribution in [0.5, 0.6) is 0 Å². The fraction of sp³-hybridized carbons (Fsp3) is 0.381. The number of carbonyl (C=O) groups excluding carboxylic acids is 3. The molecule has 160 valence electrons. The molecule has 1 aromatic carbocycles. The summed E-state index contributed by atoms with van der Waals surface area (Å²) in [4.78, 5) is 39.2. The van der Waals surface area contributed by atoms with Gasteiger partial charge in [0.25, 0.3) is 5.91 Å². The molecular weight excluding hydrogens is 446 g/mol. The number of anilines is 1. The van der Waals surface area contributed by atoms with Crippen LogP contribution in [0, 0.1) is 0 Å². The molecule has 0 unspecified atom stereocenters. The summed E-state index contributed by atoms with van der Waals surface area (Å²) < 4.78 is 10.3. The van der Waals surface area contributed by atoms with Crippen LogP contribution < -0.4 is 5.32 Å². The van der Waals surface area contributed by atoms with Crippen molar-refractivity contribution in [1.29, 1.82) is 0 Å². The van der Waals surface area contributed by atoms with E-state index in [0.717, 1.165) is 41.0 Å². The van der Waals surface area contributed by atoms with Gasteiger partial charge in [-0.3, -0.25) is 4.79 Å². The van der Waals surface area contributed by atoms with Crippen molar-refractivity contribution in [3.05, 3.63) is 44.8 Å². The summed E-state index contributed by atoms with van der Waals surface area (Å²) in [6, 6.07) is 5.04. The van der Waals surface area contributed by atoms with Gasteiger partial charge >= 0.3 is 11.9 Å². The summed E-state index contributed by atoms with van der Waals surface area (Å²) in [6.45, 7) is 1.51. The van der Waals surface area contributed by atoms with Crippen molar-refractivity contribution >= 4 is 57.5 Å². The van der Waals surface area contributed by atoms with Crippen LogP contribution in [0.3, 0.4) is 0 Å². The number of nitrogens with one attached hydrogen (secondary N) is 1. The molecule has 30 heavy (non-hydrogen) atoms. The van der Waals surface area contributed by atoms with E-state index >= 15 is 0 Å². The molecular formula is C21H22ClNO5S2. The lowest BCUT2D eigenvalue weighted by atomic mass is 9.95. The van der Waals surface area contributed by atoms with E-state index < -0.39 is 24.5 Å². The Labute approximate surface area is 188 Å². The number of esters is 2. The quantitative estimate of drug-likeness (QED) is 0.457. The number of thioether (sulfide) groups is 1. The molecule has 0 saturated carbocycles. The Morgan fingerprint density at radius 2 is 1.93 bits per heavy atom. The molecule has 0 fully saturated rings. The molecule has 3 rings (SSSR count). The molecule has 9 heteroatoms. The van der Waals surface area contributed by atoms with Crippen molar-refractivity contribution in [2.75, 3.05) is 24.8 Å². The summed E-state index contributed by atoms with van der Waals surface area (Å²) in [7, 11) is 0. The molecule has 6 nitrogen and oxygen atoms in total. The van der Waals surface area contributed by atoms with E-state index in [9.17, 15) is 14.4 Å². The second-order valence-corrected chi connectivity index (χ2v) is 9.00. The zero-order valence-corrected chi connectivity index (χ0v) is 19.1. The first-order chi connectivity index (χ1) is 14.4. The van der Waals surface area contributed by atoms with E-state index in [1.165, 1.54) is 23.1 Å². The second kappa shape index (κ2) is 10.3. The van der Waals surface area contributed by atoms with Crippen LogP contribution in [0.25, 0.3) is 0 Å². The van der Waals surface area contributed by atoms with Crippen LogP contribution in [0.1, 0.15) is 50.9 Å². The first-order valence-electron chi connectivity index (χ1n) is 9.56. The Morgan fingerprint density at radius 1 is 1.17 bits per heavy atom. The van der Waals surface area contributed by atoms with Crippen molar-refractivity contribution in [3.8, 4) is 0 Å². The lowest BCUT2D eigenvalue weighted by molar-refractivity contribution is -0.119. The molecule has 1 heterocycles. The third-order valence-electron chi connectivity index (χ3n) is 4.63. The van der Waals surface area contributed by atoms with Gasteiger partial charge in [0.1, 0.15) is 5.00 Å². The van der Waals surface area contributed by atoms with Crippen molar-refractivity contribution in [2.24, 2.45) is 0 Å². The number of halogens is 1. The Balaban J connectivity index is 1.70. The maximum atomic E-state index is 12.5. The summed E-state index contributed by atoms with van der Waals surface area (Å²) >= 11 is 8.93. The highest BCUT2D eigenvalue weighted by atomic mass is 35.5. The first-order valence-corrected chi connectivity index (χ1v) is 12.0. The Kier molecular flexibility index (Phi) is 7.80. The number of hydrogen-bond acceptors (Lipinski definition) is 7. The van der Waals surface area contributed by atoms with Gasteiger partial charge in [-0.15, -0.1) is 23.1 Å². The van der Waals surface area contributed by atoms with Crippen LogP contribution in [-0.4, -0.2) is 37.3 Å². The summed E-state index contributed by atoms with van der Waals surface area (Å²) in [5.74, 6) is -1.64. The van der Waals surface area contributed by atoms with Crippen LogP contribution in [-0.2, 0) is 27.1 Å². The lowest BCUT2D eigenvalue weighted by Gasteiger charge is -2.12. The van der Waals surface area contributed by atoms with E-state index in [1.807, 2.05) is 6.26 Å². The molecule has 0 atom stereocenters. The maximum Gasteiger partial charge on any atom is 0.341 e. The molecule has 1 aromatic heterocycles. The van der Waals surface area contributed by atoms with Gasteiger partial charge in [0.15, 0.2) is 6.61 Å². The third-order valence-corrected chi connectivity index (χ3v) is 6.89. The SMILES string of the molecule is CCOC(=O)c1c(NC(=O)COC(=O)c2cc(SC)ccc2Cl)sc2c1CCCC2. The molecule has 1 aliphatic carbocycles. The van der Waals surface area contributed by atoms with Gasteiger partial charge in [-0.1, -0.05) is 11.6 Å². The topological polar surface area (TPSA) is 81.7 Å². The molecule has 1 N–H and O–H groups in total. The normalized spacial score (nSPS) is 12.8. The van der Waals surface area contributed by atoms with Gasteiger partial charge in [0.2, 0.25) is 0 Å². The summed E-state index contributed by atoms with van der Waals surface area (Å²) in [5, 5.41) is 3.42. The van der Waals surface area contributed by atoms with Gasteiger partial charge < -0.3 is 14.8 Å². The fourth-order valence-corrected chi connectivity index (χ4v) is 5.16. The molecule has 2 aromatic rings. The van der Waals surface area contributed by atoms with Crippen molar-refractivity contribution in [1.82, 2.24) is 0 Å². The number of amides is 1. The van der Waals surface area contributed by atoms with Gasteiger partial charge in [-0.2, -0.15) is 0 Å². The monoisotopic (exact) mass is 467 g/mol. The predicted octanol–water partition coefficient (Wildman–Crippen LogP) is 4.97. The number of aryl methyl sites for hydroxylation is 1. The fourth-order valence-electron chi connectivity index (χ4n) is 3.23. The standard InChI is InChI=1S/C21H22ClNO5S2/c1-3-27-21(26)18-13-6-4-5-7-16(13)30-19(18)23-17(24)11-28-20(25)14-10-12(29-2)8-9-15(14)22/h8-10H,3-7,11H2,1-2H3,(H,23,24). The minimum absolute atomic E-state index is 0.204. The Morgan fingerprint density at radius 3 is 2.67 bits per heavy atom. The highest BCUT2D eigenvalue weighted by Crippen LogP contribution is 2.38. The predicted molar refractivity (Wildman–Crippen MR) is 119 cm³/mol. The molecule has 0 radical (unpaired) electrons. The van der Waals surface area contributed by atoms with Gasteiger partial charge in [-0.25, -0.2) is 9.59 Å². The molecule has 1 aliphatic rings. The number of rotatable bonds is 7. The second-order valence-electron chi connectivity index (χ2n) is 6.61. The van der Waals surface area contributed by atoms with Gasteiger partial charge in [0.05, 0.1) is 22.8 Å². The van der Waals surface area contributed by atoms with Crippen LogP contribution >= 0.6 is 34.7 Å². The van der Waals surface area contributed by atoms with Crippen molar-refractivity contribution in [3.63, 3.8) is 0 Å². The molecule has 0 spiro atoms.